The quantitative estimate of drug-likeness (QED) is 0.0685. The minimum Gasteiger partial charge on any atom is -0.427 e. The fourth-order valence-electron chi connectivity index (χ4n) is 11.0. The van der Waals surface area contributed by atoms with E-state index in [1.807, 2.05) is 68.5 Å². The number of aliphatic hydroxyl groups is 4. The molecule has 6 rings (SSSR count). The first-order valence-corrected chi connectivity index (χ1v) is 21.5. The fraction of sp³-hybridized carbons (Fsp3) is 0.638. The molecular weight excluding hydrogens is 723 g/mol. The number of fused-ring (bicyclic) bond motifs is 5. The van der Waals surface area contributed by atoms with Gasteiger partial charge in [0, 0.05) is 36.1 Å². The zero-order valence-electron chi connectivity index (χ0n) is 34.1. The second-order valence-electron chi connectivity index (χ2n) is 17.8. The molecule has 0 heterocycles. The van der Waals surface area contributed by atoms with Crippen molar-refractivity contribution in [2.75, 3.05) is 13.2 Å². The van der Waals surface area contributed by atoms with E-state index in [9.17, 15) is 34.8 Å². The molecule has 0 saturated heterocycles. The summed E-state index contributed by atoms with van der Waals surface area (Å²) in [5.41, 5.74) is 1.35. The summed E-state index contributed by atoms with van der Waals surface area (Å²) in [6, 6.07) is 9.82. The van der Waals surface area contributed by atoms with Crippen LogP contribution in [0.25, 0.3) is 0 Å². The second kappa shape index (κ2) is 18.6. The Hall–Kier alpha value is -3.57. The summed E-state index contributed by atoms with van der Waals surface area (Å²) in [6.45, 7) is 6.21. The number of benzene rings is 1. The molecule has 11 atom stereocenters. The summed E-state index contributed by atoms with van der Waals surface area (Å²) < 4.78 is 11.3. The Labute approximate surface area is 338 Å². The first-order chi connectivity index (χ1) is 27.3. The van der Waals surface area contributed by atoms with Crippen LogP contribution in [0, 0.1) is 34.5 Å². The number of allylic oxidation sites excluding steroid dienone is 5. The molecule has 0 bridgehead atoms. The summed E-state index contributed by atoms with van der Waals surface area (Å²) >= 11 is 0. The van der Waals surface area contributed by atoms with Gasteiger partial charge in [-0.05, 0) is 113 Å². The average Bonchev–Trinajstić information content (AvgIpc) is 3.63. The first-order valence-electron chi connectivity index (χ1n) is 21.5. The molecule has 1 unspecified atom stereocenters. The molecule has 0 aliphatic heterocycles. The molecule has 0 radical (unpaired) electrons. The molecule has 5 N–H and O–H groups in total. The van der Waals surface area contributed by atoms with E-state index in [4.69, 9.17) is 9.47 Å². The van der Waals surface area contributed by atoms with Gasteiger partial charge in [0.25, 0.3) is 0 Å². The number of hydrogen-bond donors (Lipinski definition) is 5. The van der Waals surface area contributed by atoms with E-state index in [-0.39, 0.29) is 41.4 Å². The lowest BCUT2D eigenvalue weighted by molar-refractivity contribution is -0.156. The summed E-state index contributed by atoms with van der Waals surface area (Å²) in [5, 5.41) is 47.0. The number of aliphatic hydroxyl groups excluding tert-OH is 3. The molecule has 10 nitrogen and oxygen atoms in total. The number of hydrogen-bond acceptors (Lipinski definition) is 9. The Kier molecular flexibility index (Phi) is 14.0. The van der Waals surface area contributed by atoms with Gasteiger partial charge in [-0.25, -0.2) is 4.79 Å². The third-order valence-electron chi connectivity index (χ3n) is 14.4. The van der Waals surface area contributed by atoms with Gasteiger partial charge in [-0.1, -0.05) is 85.7 Å². The maximum Gasteiger partial charge on any atom is 0.509 e. The normalized spacial score (nSPS) is 35.2. The predicted molar refractivity (Wildman–Crippen MR) is 218 cm³/mol. The number of nitrogens with one attached hydrogen (secondary N) is 1. The van der Waals surface area contributed by atoms with Crippen LogP contribution in [0.5, 0.6) is 0 Å². The van der Waals surface area contributed by atoms with Crippen LogP contribution in [0.15, 0.2) is 77.9 Å². The van der Waals surface area contributed by atoms with Gasteiger partial charge >= 0.3 is 6.16 Å². The molecule has 3 saturated carbocycles. The van der Waals surface area contributed by atoms with Crippen molar-refractivity contribution in [3.8, 4) is 0 Å². The summed E-state index contributed by atoms with van der Waals surface area (Å²) in [5.74, 6) is -0.695. The highest BCUT2D eigenvalue weighted by Crippen LogP contribution is 2.65. The number of rotatable bonds is 16. The van der Waals surface area contributed by atoms with Gasteiger partial charge in [-0.15, -0.1) is 0 Å². The van der Waals surface area contributed by atoms with Crippen LogP contribution < -0.4 is 5.32 Å². The zero-order chi connectivity index (χ0) is 40.8. The Morgan fingerprint density at radius 3 is 2.58 bits per heavy atom. The average molecular weight is 788 g/mol. The van der Waals surface area contributed by atoms with Crippen LogP contribution >= 0.6 is 0 Å². The molecule has 10 heteroatoms. The molecule has 312 valence electrons. The van der Waals surface area contributed by atoms with E-state index in [0.717, 1.165) is 44.1 Å². The summed E-state index contributed by atoms with van der Waals surface area (Å²) in [4.78, 5) is 38.9. The molecule has 1 amide bonds. The lowest BCUT2D eigenvalue weighted by Crippen LogP contribution is -2.55. The molecule has 1 aromatic rings. The van der Waals surface area contributed by atoms with Gasteiger partial charge in [0.1, 0.15) is 11.7 Å². The maximum absolute atomic E-state index is 13.9. The fourth-order valence-corrected chi connectivity index (χ4v) is 11.0. The largest absolute Gasteiger partial charge is 0.509 e. The van der Waals surface area contributed by atoms with Crippen molar-refractivity contribution in [3.63, 3.8) is 0 Å². The van der Waals surface area contributed by atoms with E-state index < -0.39 is 54.0 Å². The predicted octanol–water partition coefficient (Wildman–Crippen LogP) is 6.85. The van der Waals surface area contributed by atoms with E-state index in [0.29, 0.717) is 51.5 Å². The molecule has 5 aliphatic carbocycles. The Morgan fingerprint density at radius 1 is 1.02 bits per heavy atom. The zero-order valence-corrected chi connectivity index (χ0v) is 34.1. The molecule has 1 aromatic carbocycles. The van der Waals surface area contributed by atoms with Crippen LogP contribution in [-0.2, 0) is 25.5 Å². The third kappa shape index (κ3) is 9.35. The first kappa shape index (κ1) is 43.0. The number of ether oxygens (including phenoxy) is 2. The summed E-state index contributed by atoms with van der Waals surface area (Å²) in [7, 11) is 0. The van der Waals surface area contributed by atoms with Gasteiger partial charge < -0.3 is 35.2 Å². The number of carbonyl (C=O) groups excluding carboxylic acids is 3. The SMILES string of the molecule is CCNC(=O)CCC/C=C\C[C@@H]1[C@@H](/C=C/[C@H](CCc2ccccc2)OC(=O)OCC(=O)[C@@]2(O)CC[C@H]3[C@@H]4CCC5=CC(O)CC[C@]5(C)C4=CC[C@@]32C)[C@H](O)C[C@@H]1O. The topological polar surface area (TPSA) is 163 Å². The van der Waals surface area contributed by atoms with Crippen LogP contribution in [0.2, 0.25) is 0 Å². The number of amides is 1. The van der Waals surface area contributed by atoms with E-state index in [2.05, 4.69) is 18.3 Å². The van der Waals surface area contributed by atoms with Gasteiger partial charge in [0.05, 0.1) is 18.3 Å². The molecule has 0 spiro atoms. The highest BCUT2D eigenvalue weighted by molar-refractivity contribution is 5.90. The van der Waals surface area contributed by atoms with Crippen molar-refractivity contribution in [3.05, 3.63) is 83.5 Å². The minimum absolute atomic E-state index is 0.0342. The minimum atomic E-state index is -1.64. The Bertz CT molecular complexity index is 1700. The molecular formula is C47H65NO9. The highest BCUT2D eigenvalue weighted by Gasteiger charge is 2.64. The lowest BCUT2D eigenvalue weighted by atomic mass is 9.50. The third-order valence-corrected chi connectivity index (χ3v) is 14.4. The molecule has 0 aromatic heterocycles. The highest BCUT2D eigenvalue weighted by atomic mass is 16.7. The number of carbonyl (C=O) groups is 3. The second-order valence-corrected chi connectivity index (χ2v) is 17.8. The van der Waals surface area contributed by atoms with Crippen molar-refractivity contribution in [2.45, 2.75) is 141 Å². The molecule has 5 aliphatic rings. The summed E-state index contributed by atoms with van der Waals surface area (Å²) in [6.07, 6.45) is 17.1. The smallest absolute Gasteiger partial charge is 0.427 e. The van der Waals surface area contributed by atoms with E-state index >= 15 is 0 Å². The Morgan fingerprint density at radius 2 is 1.81 bits per heavy atom. The standard InChI is InChI=1S/C47H65NO9/c1-4-48-43(53)15-11-6-5-10-14-35-36(41(51)29-40(35)50)21-19-34(18-16-31-12-8-7-9-13-31)57-44(54)56-30-42(52)47(55)27-24-39-37-20-17-32-28-33(49)22-25-45(32,2)38(37)23-26-46(39,47)3/h5,7-10,12-13,19,21,23,28,33-37,39-41,49-51,55H,4,6,11,14-18,20,22,24-27,29-30H2,1-3H3,(H,48,53)/b10-5-,21-19+/t33?,34-,35+,36+,37+,39-,40-,41+,45-,46-,47-/m0/s1. The number of unbranched alkanes of at least 4 members (excludes halogenated alkanes) is 1. The van der Waals surface area contributed by atoms with Crippen LogP contribution in [0.1, 0.15) is 110 Å². The van der Waals surface area contributed by atoms with Crippen LogP contribution in [0.4, 0.5) is 4.79 Å². The Balaban J connectivity index is 1.08. The van der Waals surface area contributed by atoms with Crippen LogP contribution in [0.3, 0.4) is 0 Å². The number of ketones is 1. The van der Waals surface area contributed by atoms with Gasteiger partial charge in [-0.3, -0.25) is 9.59 Å². The van der Waals surface area contributed by atoms with E-state index in [1.165, 1.54) is 11.1 Å². The van der Waals surface area contributed by atoms with Crippen molar-refractivity contribution in [2.24, 2.45) is 34.5 Å². The van der Waals surface area contributed by atoms with Gasteiger partial charge in [0.2, 0.25) is 11.7 Å². The van der Waals surface area contributed by atoms with Crippen molar-refractivity contribution < 1.29 is 44.3 Å². The van der Waals surface area contributed by atoms with Crippen LogP contribution in [-0.4, -0.2) is 81.4 Å². The number of Topliss-reactive ketones (excluding diaryl/α,β-unsaturated/α-hetero) is 1. The van der Waals surface area contributed by atoms with Gasteiger partial charge in [-0.2, -0.15) is 0 Å². The van der Waals surface area contributed by atoms with Crippen molar-refractivity contribution in [1.29, 1.82) is 0 Å². The van der Waals surface area contributed by atoms with E-state index in [1.54, 1.807) is 6.08 Å². The molecule has 3 fully saturated rings. The van der Waals surface area contributed by atoms with Gasteiger partial charge in [0.15, 0.2) is 6.61 Å². The molecule has 57 heavy (non-hydrogen) atoms. The number of aryl methyl sites for hydroxylation is 1. The van der Waals surface area contributed by atoms with Crippen molar-refractivity contribution in [1.82, 2.24) is 5.32 Å². The van der Waals surface area contributed by atoms with Crippen molar-refractivity contribution >= 4 is 17.8 Å². The monoisotopic (exact) mass is 787 g/mol. The maximum atomic E-state index is 13.9. The lowest BCUT2D eigenvalue weighted by Gasteiger charge is -2.54.